The number of amides is 1. The summed E-state index contributed by atoms with van der Waals surface area (Å²) in [6, 6.07) is 17.0. The molecule has 220 valence electrons. The molecule has 2 atom stereocenters. The van der Waals surface area contributed by atoms with Crippen LogP contribution in [0.5, 0.6) is 0 Å². The van der Waals surface area contributed by atoms with Crippen molar-refractivity contribution < 1.29 is 23.5 Å². The zero-order valence-electron chi connectivity index (χ0n) is 24.3. The van der Waals surface area contributed by atoms with Crippen LogP contribution in [-0.4, -0.2) is 35.5 Å². The monoisotopic (exact) mass is 564 g/mol. The van der Waals surface area contributed by atoms with Crippen molar-refractivity contribution in [2.45, 2.75) is 78.0 Å². The van der Waals surface area contributed by atoms with E-state index in [4.69, 9.17) is 0 Å². The quantitative estimate of drug-likeness (QED) is 0.176. The first-order valence-electron chi connectivity index (χ1n) is 14.6. The smallest absolute Gasteiger partial charge is 0.251 e. The fourth-order valence-electron chi connectivity index (χ4n) is 5.14. The molecule has 3 rings (SSSR count). The van der Waals surface area contributed by atoms with E-state index in [1.807, 2.05) is 26.0 Å². The summed E-state index contributed by atoms with van der Waals surface area (Å²) in [7, 11) is 0. The lowest BCUT2D eigenvalue weighted by Gasteiger charge is -2.25. The average molecular weight is 565 g/mol. The van der Waals surface area contributed by atoms with Gasteiger partial charge in [0.1, 0.15) is 11.6 Å². The number of aliphatic hydroxyl groups is 1. The lowest BCUT2D eigenvalue weighted by atomic mass is 9.89. The van der Waals surface area contributed by atoms with Gasteiger partial charge in [-0.25, -0.2) is 8.78 Å². The molecule has 3 aromatic rings. The molecule has 0 bridgehead atoms. The third-order valence-electron chi connectivity index (χ3n) is 7.30. The number of hydrogen-bond acceptors (Lipinski definition) is 4. The average Bonchev–Trinajstić information content (AvgIpc) is 2.96. The fourth-order valence-corrected chi connectivity index (χ4v) is 5.14. The number of aliphatic hydroxyl groups excluding tert-OH is 1. The van der Waals surface area contributed by atoms with Crippen LogP contribution in [0.2, 0.25) is 0 Å². The van der Waals surface area contributed by atoms with Gasteiger partial charge in [0.15, 0.2) is 5.78 Å². The van der Waals surface area contributed by atoms with Crippen molar-refractivity contribution in [2.24, 2.45) is 5.92 Å². The number of Topliss-reactive ketones (excluding diaryl/α,β-unsaturated/α-hetero) is 1. The Morgan fingerprint density at radius 2 is 1.44 bits per heavy atom. The minimum absolute atomic E-state index is 0.0162. The van der Waals surface area contributed by atoms with Crippen LogP contribution in [0.1, 0.15) is 83.9 Å². The summed E-state index contributed by atoms with van der Waals surface area (Å²) in [5.74, 6) is -2.00. The normalized spacial score (nSPS) is 12.8. The molecule has 5 nitrogen and oxygen atoms in total. The van der Waals surface area contributed by atoms with Gasteiger partial charge in [0.25, 0.3) is 5.91 Å². The Morgan fingerprint density at radius 1 is 0.805 bits per heavy atom. The molecule has 3 aromatic carbocycles. The molecule has 3 N–H and O–H groups in total. The zero-order chi connectivity index (χ0) is 29.8. The van der Waals surface area contributed by atoms with Gasteiger partial charge >= 0.3 is 0 Å². The van der Waals surface area contributed by atoms with Gasteiger partial charge in [0.2, 0.25) is 0 Å². The van der Waals surface area contributed by atoms with E-state index >= 15 is 0 Å². The fraction of sp³-hybridized carbons (Fsp3) is 0.412. The first kappa shape index (κ1) is 32.1. The summed E-state index contributed by atoms with van der Waals surface area (Å²) in [5, 5.41) is 17.2. The lowest BCUT2D eigenvalue weighted by molar-refractivity contribution is 0.0829. The Kier molecular flexibility index (Phi) is 12.6. The van der Waals surface area contributed by atoms with Crippen LogP contribution in [0.3, 0.4) is 0 Å². The highest BCUT2D eigenvalue weighted by molar-refractivity contribution is 6.01. The van der Waals surface area contributed by atoms with Gasteiger partial charge in [-0.05, 0) is 66.6 Å². The van der Waals surface area contributed by atoms with E-state index in [-0.39, 0.29) is 30.2 Å². The van der Waals surface area contributed by atoms with Crippen LogP contribution in [-0.2, 0) is 19.4 Å². The predicted molar refractivity (Wildman–Crippen MR) is 159 cm³/mol. The number of ketones is 1. The van der Waals surface area contributed by atoms with E-state index in [9.17, 15) is 23.5 Å². The molecule has 0 spiro atoms. The minimum atomic E-state index is -1.05. The van der Waals surface area contributed by atoms with E-state index in [0.717, 1.165) is 43.7 Å². The summed E-state index contributed by atoms with van der Waals surface area (Å²) in [4.78, 5) is 26.5. The molecule has 0 aromatic heterocycles. The maximum Gasteiger partial charge on any atom is 0.251 e. The second kappa shape index (κ2) is 16.1. The number of nitrogens with one attached hydrogen (secondary N) is 2. The van der Waals surface area contributed by atoms with Crippen molar-refractivity contribution in [2.75, 3.05) is 6.54 Å². The number of halogens is 2. The Morgan fingerprint density at radius 3 is 2.10 bits per heavy atom. The van der Waals surface area contributed by atoms with E-state index in [2.05, 4.69) is 29.7 Å². The van der Waals surface area contributed by atoms with Crippen molar-refractivity contribution >= 4 is 11.7 Å². The molecule has 0 aliphatic carbocycles. The van der Waals surface area contributed by atoms with Crippen LogP contribution in [0.25, 0.3) is 0 Å². The second-order valence-corrected chi connectivity index (χ2v) is 10.7. The summed E-state index contributed by atoms with van der Waals surface area (Å²) >= 11 is 0. The maximum absolute atomic E-state index is 13.9. The van der Waals surface area contributed by atoms with Crippen molar-refractivity contribution in [3.05, 3.63) is 106 Å². The topological polar surface area (TPSA) is 78.4 Å². The van der Waals surface area contributed by atoms with Crippen LogP contribution in [0.15, 0.2) is 66.7 Å². The Labute approximate surface area is 242 Å². The molecule has 1 amide bonds. The van der Waals surface area contributed by atoms with Gasteiger partial charge in [-0.3, -0.25) is 9.59 Å². The Balaban J connectivity index is 1.76. The first-order valence-corrected chi connectivity index (χ1v) is 14.6. The Hall–Kier alpha value is -3.42. The second-order valence-electron chi connectivity index (χ2n) is 10.7. The van der Waals surface area contributed by atoms with Gasteiger partial charge in [-0.2, -0.15) is 0 Å². The molecule has 0 radical (unpaired) electrons. The summed E-state index contributed by atoms with van der Waals surface area (Å²) in [6.07, 6.45) is 3.25. The van der Waals surface area contributed by atoms with Crippen molar-refractivity contribution in [1.29, 1.82) is 0 Å². The number of rotatable bonds is 16. The summed E-state index contributed by atoms with van der Waals surface area (Å²) in [5.41, 5.74) is 3.35. The molecule has 7 heteroatoms. The first-order chi connectivity index (χ1) is 19.7. The predicted octanol–water partition coefficient (Wildman–Crippen LogP) is 6.42. The molecule has 0 unspecified atom stereocenters. The van der Waals surface area contributed by atoms with Crippen LogP contribution >= 0.6 is 0 Å². The SMILES string of the molecule is CCCC(CCC)C(=O)c1cccc(C(=O)N[C@@H](Cc2cc(F)cc(F)c2)[C@H](O)CNCc2cccc(CC)c2)c1. The van der Waals surface area contributed by atoms with Gasteiger partial charge in [-0.15, -0.1) is 0 Å². The molecule has 0 saturated heterocycles. The Bertz CT molecular complexity index is 1270. The number of carbonyl (C=O) groups is 2. The standard InChI is InChI=1S/C34H42F2N2O3/c1-4-9-26(10-5-2)33(40)27-13-8-14-28(19-27)34(41)38-31(18-25-16-29(35)20-30(36)17-25)32(39)22-37-21-24-12-7-11-23(6-3)15-24/h7-8,11-17,19-20,26,31-32,37,39H,4-6,9-10,18,21-22H2,1-3H3,(H,38,41)/t31-,32+/m0/s1. The molecule has 0 heterocycles. The van der Waals surface area contributed by atoms with Crippen LogP contribution in [0.4, 0.5) is 8.78 Å². The third-order valence-corrected chi connectivity index (χ3v) is 7.30. The van der Waals surface area contributed by atoms with Gasteiger partial charge in [-0.1, -0.05) is 70.0 Å². The molecular weight excluding hydrogens is 522 g/mol. The lowest BCUT2D eigenvalue weighted by Crippen LogP contribution is -2.48. The van der Waals surface area contributed by atoms with Gasteiger partial charge < -0.3 is 15.7 Å². The van der Waals surface area contributed by atoms with E-state index in [1.54, 1.807) is 24.3 Å². The molecular formula is C34H42F2N2O3. The van der Waals surface area contributed by atoms with Crippen LogP contribution in [0, 0.1) is 17.6 Å². The highest BCUT2D eigenvalue weighted by atomic mass is 19.1. The van der Waals surface area contributed by atoms with E-state index < -0.39 is 29.7 Å². The zero-order valence-corrected chi connectivity index (χ0v) is 24.3. The number of carbonyl (C=O) groups excluding carboxylic acids is 2. The highest BCUT2D eigenvalue weighted by Crippen LogP contribution is 2.21. The van der Waals surface area contributed by atoms with Crippen molar-refractivity contribution in [3.63, 3.8) is 0 Å². The van der Waals surface area contributed by atoms with E-state index in [0.29, 0.717) is 17.7 Å². The molecule has 0 fully saturated rings. The summed E-state index contributed by atoms with van der Waals surface area (Å²) < 4.78 is 27.8. The molecule has 0 saturated carbocycles. The largest absolute Gasteiger partial charge is 0.390 e. The minimum Gasteiger partial charge on any atom is -0.390 e. The molecule has 0 aliphatic rings. The number of aryl methyl sites for hydroxylation is 1. The van der Waals surface area contributed by atoms with Crippen molar-refractivity contribution in [1.82, 2.24) is 10.6 Å². The highest BCUT2D eigenvalue weighted by Gasteiger charge is 2.24. The van der Waals surface area contributed by atoms with E-state index in [1.165, 1.54) is 17.7 Å². The number of benzene rings is 3. The van der Waals surface area contributed by atoms with Gasteiger partial charge in [0, 0.05) is 36.2 Å². The maximum atomic E-state index is 13.9. The summed E-state index contributed by atoms with van der Waals surface area (Å²) in [6.45, 7) is 6.84. The number of hydrogen-bond donors (Lipinski definition) is 3. The van der Waals surface area contributed by atoms with Crippen LogP contribution < -0.4 is 10.6 Å². The molecule has 41 heavy (non-hydrogen) atoms. The third kappa shape index (κ3) is 9.87. The molecule has 0 aliphatic heterocycles. The van der Waals surface area contributed by atoms with Crippen molar-refractivity contribution in [3.8, 4) is 0 Å². The van der Waals surface area contributed by atoms with Gasteiger partial charge in [0.05, 0.1) is 12.1 Å².